The lowest BCUT2D eigenvalue weighted by atomic mass is 10.1. The summed E-state index contributed by atoms with van der Waals surface area (Å²) in [4.78, 5) is 32.8. The van der Waals surface area contributed by atoms with E-state index in [0.29, 0.717) is 11.1 Å². The molecule has 150 valence electrons. The lowest BCUT2D eigenvalue weighted by Gasteiger charge is -2.30. The number of nitrogens with zero attached hydrogens (tertiary/aromatic N) is 3. The molecular weight excluding hydrogens is 378 g/mol. The SMILES string of the molecule is O=C(Cn1cnc2c(oc3ccccc32)c1=O)N(C1CC1)C1CCc2ccccc21. The second-order valence-corrected chi connectivity index (χ2v) is 8.24. The van der Waals surface area contributed by atoms with Crippen molar-refractivity contribution < 1.29 is 9.21 Å². The van der Waals surface area contributed by atoms with Gasteiger partial charge in [-0.1, -0.05) is 36.4 Å². The summed E-state index contributed by atoms with van der Waals surface area (Å²) < 4.78 is 7.13. The number of para-hydroxylation sites is 1. The Labute approximate surface area is 172 Å². The van der Waals surface area contributed by atoms with E-state index < -0.39 is 0 Å². The van der Waals surface area contributed by atoms with Crippen LogP contribution in [0.4, 0.5) is 0 Å². The molecule has 1 saturated carbocycles. The maximum Gasteiger partial charge on any atom is 0.297 e. The van der Waals surface area contributed by atoms with E-state index in [1.807, 2.05) is 35.2 Å². The lowest BCUT2D eigenvalue weighted by molar-refractivity contribution is -0.135. The monoisotopic (exact) mass is 399 g/mol. The zero-order valence-corrected chi connectivity index (χ0v) is 16.5. The minimum Gasteiger partial charge on any atom is -0.448 e. The molecular formula is C24H21N3O3. The van der Waals surface area contributed by atoms with Crippen LogP contribution in [-0.2, 0) is 17.8 Å². The predicted octanol–water partition coefficient (Wildman–Crippen LogP) is 3.82. The summed E-state index contributed by atoms with van der Waals surface area (Å²) in [5.74, 6) is -0.0291. The maximum absolute atomic E-state index is 13.4. The Morgan fingerprint density at radius 3 is 2.77 bits per heavy atom. The van der Waals surface area contributed by atoms with Gasteiger partial charge in [0.25, 0.3) is 5.56 Å². The zero-order valence-electron chi connectivity index (χ0n) is 16.5. The number of aromatic nitrogens is 2. The summed E-state index contributed by atoms with van der Waals surface area (Å²) in [6.45, 7) is -0.0199. The van der Waals surface area contributed by atoms with Crippen molar-refractivity contribution in [2.75, 3.05) is 0 Å². The Morgan fingerprint density at radius 1 is 1.10 bits per heavy atom. The number of furan rings is 1. The molecule has 0 saturated heterocycles. The fourth-order valence-electron chi connectivity index (χ4n) is 4.76. The molecule has 2 aromatic heterocycles. The van der Waals surface area contributed by atoms with E-state index in [1.165, 1.54) is 22.0 Å². The van der Waals surface area contributed by atoms with Crippen LogP contribution < -0.4 is 5.56 Å². The Kier molecular flexibility index (Phi) is 3.81. The molecule has 1 amide bonds. The summed E-state index contributed by atoms with van der Waals surface area (Å²) in [5.41, 5.74) is 3.63. The molecule has 1 fully saturated rings. The number of rotatable bonds is 4. The van der Waals surface area contributed by atoms with E-state index in [-0.39, 0.29) is 35.7 Å². The van der Waals surface area contributed by atoms with Crippen LogP contribution >= 0.6 is 0 Å². The van der Waals surface area contributed by atoms with Gasteiger partial charge in [-0.3, -0.25) is 14.2 Å². The van der Waals surface area contributed by atoms with E-state index in [4.69, 9.17) is 4.42 Å². The third-order valence-corrected chi connectivity index (χ3v) is 6.32. The number of amides is 1. The van der Waals surface area contributed by atoms with Crippen LogP contribution in [0.1, 0.15) is 36.4 Å². The van der Waals surface area contributed by atoms with E-state index in [1.54, 1.807) is 0 Å². The number of benzene rings is 2. The van der Waals surface area contributed by atoms with Crippen molar-refractivity contribution in [3.63, 3.8) is 0 Å². The predicted molar refractivity (Wildman–Crippen MR) is 113 cm³/mol. The zero-order chi connectivity index (χ0) is 20.2. The number of fused-ring (bicyclic) bond motifs is 4. The van der Waals surface area contributed by atoms with Crippen LogP contribution in [0.25, 0.3) is 22.1 Å². The van der Waals surface area contributed by atoms with Crippen molar-refractivity contribution in [1.29, 1.82) is 0 Å². The summed E-state index contributed by atoms with van der Waals surface area (Å²) in [7, 11) is 0. The minimum atomic E-state index is -0.313. The average Bonchev–Trinajstić information content (AvgIpc) is 3.39. The summed E-state index contributed by atoms with van der Waals surface area (Å²) in [5, 5.41) is 0.810. The van der Waals surface area contributed by atoms with Crippen molar-refractivity contribution in [3.8, 4) is 0 Å². The average molecular weight is 399 g/mol. The number of carbonyl (C=O) groups is 1. The van der Waals surface area contributed by atoms with Crippen LogP contribution in [0.3, 0.4) is 0 Å². The van der Waals surface area contributed by atoms with Gasteiger partial charge in [-0.25, -0.2) is 4.98 Å². The largest absolute Gasteiger partial charge is 0.448 e. The molecule has 4 aromatic rings. The van der Waals surface area contributed by atoms with Crippen LogP contribution in [0.15, 0.2) is 64.1 Å². The van der Waals surface area contributed by atoms with Gasteiger partial charge in [-0.05, 0) is 48.9 Å². The Hall–Kier alpha value is -3.41. The van der Waals surface area contributed by atoms with E-state index >= 15 is 0 Å². The number of aryl methyl sites for hydroxylation is 1. The molecule has 0 aliphatic heterocycles. The van der Waals surface area contributed by atoms with Gasteiger partial charge < -0.3 is 9.32 Å². The standard InChI is InChI=1S/C24H21N3O3/c28-21(27(16-10-11-16)19-12-9-15-5-1-2-6-17(15)19)13-26-14-25-22-18-7-3-4-8-20(18)30-23(22)24(26)29/h1-8,14,16,19H,9-13H2. The van der Waals surface area contributed by atoms with Crippen molar-refractivity contribution in [2.24, 2.45) is 0 Å². The summed E-state index contributed by atoms with van der Waals surface area (Å²) in [6, 6.07) is 16.2. The van der Waals surface area contributed by atoms with Gasteiger partial charge in [-0.15, -0.1) is 0 Å². The first-order chi connectivity index (χ1) is 14.7. The first-order valence-electron chi connectivity index (χ1n) is 10.5. The fourth-order valence-corrected chi connectivity index (χ4v) is 4.76. The topological polar surface area (TPSA) is 68.3 Å². The molecule has 2 aromatic carbocycles. The van der Waals surface area contributed by atoms with Gasteiger partial charge in [0.15, 0.2) is 0 Å². The van der Waals surface area contributed by atoms with Crippen LogP contribution in [0.2, 0.25) is 0 Å². The highest BCUT2D eigenvalue weighted by atomic mass is 16.3. The van der Waals surface area contributed by atoms with Gasteiger partial charge >= 0.3 is 0 Å². The lowest BCUT2D eigenvalue weighted by Crippen LogP contribution is -2.40. The first-order valence-corrected chi connectivity index (χ1v) is 10.5. The Bertz CT molecular complexity index is 1350. The molecule has 1 unspecified atom stereocenters. The fraction of sp³-hybridized carbons (Fsp3) is 0.292. The van der Waals surface area contributed by atoms with Crippen LogP contribution in [-0.4, -0.2) is 26.4 Å². The third-order valence-electron chi connectivity index (χ3n) is 6.32. The molecule has 0 bridgehead atoms. The highest BCUT2D eigenvalue weighted by Gasteiger charge is 2.40. The maximum atomic E-state index is 13.4. The molecule has 2 heterocycles. The molecule has 0 N–H and O–H groups in total. The first kappa shape index (κ1) is 17.4. The van der Waals surface area contributed by atoms with Gasteiger partial charge in [0.05, 0.1) is 12.4 Å². The summed E-state index contributed by atoms with van der Waals surface area (Å²) in [6.07, 6.45) is 5.46. The van der Waals surface area contributed by atoms with Crippen molar-refractivity contribution in [3.05, 3.63) is 76.3 Å². The quantitative estimate of drug-likeness (QED) is 0.523. The Morgan fingerprint density at radius 2 is 1.90 bits per heavy atom. The van der Waals surface area contributed by atoms with E-state index in [0.717, 1.165) is 31.1 Å². The van der Waals surface area contributed by atoms with Crippen LogP contribution in [0.5, 0.6) is 0 Å². The molecule has 6 nitrogen and oxygen atoms in total. The van der Waals surface area contributed by atoms with Gasteiger partial charge in [-0.2, -0.15) is 0 Å². The molecule has 30 heavy (non-hydrogen) atoms. The normalized spacial score (nSPS) is 18.1. The van der Waals surface area contributed by atoms with Gasteiger partial charge in [0.2, 0.25) is 11.5 Å². The number of hydrogen-bond acceptors (Lipinski definition) is 4. The van der Waals surface area contributed by atoms with Gasteiger partial charge in [0.1, 0.15) is 17.6 Å². The number of carbonyl (C=O) groups excluding carboxylic acids is 1. The molecule has 1 atom stereocenters. The summed E-state index contributed by atoms with van der Waals surface area (Å²) >= 11 is 0. The number of hydrogen-bond donors (Lipinski definition) is 0. The third kappa shape index (κ3) is 2.67. The minimum absolute atomic E-state index is 0.0199. The second kappa shape index (κ2) is 6.55. The van der Waals surface area contributed by atoms with E-state index in [9.17, 15) is 9.59 Å². The highest BCUT2D eigenvalue weighted by Crippen LogP contribution is 2.41. The highest BCUT2D eigenvalue weighted by molar-refractivity contribution is 6.01. The van der Waals surface area contributed by atoms with Crippen molar-refractivity contribution in [1.82, 2.24) is 14.5 Å². The molecule has 6 rings (SSSR count). The second-order valence-electron chi connectivity index (χ2n) is 8.24. The van der Waals surface area contributed by atoms with Gasteiger partial charge in [0, 0.05) is 11.4 Å². The van der Waals surface area contributed by atoms with Crippen molar-refractivity contribution >= 4 is 28.0 Å². The Balaban J connectivity index is 1.35. The molecule has 6 heteroatoms. The molecule has 0 spiro atoms. The molecule has 0 radical (unpaired) electrons. The van der Waals surface area contributed by atoms with Crippen LogP contribution in [0, 0.1) is 0 Å². The molecule has 2 aliphatic carbocycles. The molecule has 2 aliphatic rings. The smallest absolute Gasteiger partial charge is 0.297 e. The van der Waals surface area contributed by atoms with E-state index in [2.05, 4.69) is 23.2 Å². The van der Waals surface area contributed by atoms with Crippen molar-refractivity contribution in [2.45, 2.75) is 44.3 Å².